The van der Waals surface area contributed by atoms with Crippen LogP contribution in [0.25, 0.3) is 0 Å². The fraction of sp³-hybridized carbons (Fsp3) is 1.00. The second kappa shape index (κ2) is 7.31. The zero-order chi connectivity index (χ0) is 12.7. The highest BCUT2D eigenvalue weighted by molar-refractivity contribution is 4.83. The molecule has 0 amide bonds. The van der Waals surface area contributed by atoms with Crippen molar-refractivity contribution in [3.8, 4) is 0 Å². The predicted octanol–water partition coefficient (Wildman–Crippen LogP) is 1.32. The quantitative estimate of drug-likeness (QED) is 0.633. The highest BCUT2D eigenvalue weighted by Gasteiger charge is 2.24. The molecular formula is C13H27NO3. The summed E-state index contributed by atoms with van der Waals surface area (Å²) in [7, 11) is 0. The zero-order valence-electron chi connectivity index (χ0n) is 11.4. The summed E-state index contributed by atoms with van der Waals surface area (Å²) in [4.78, 5) is 0. The van der Waals surface area contributed by atoms with E-state index in [4.69, 9.17) is 9.47 Å². The van der Waals surface area contributed by atoms with Crippen LogP contribution in [-0.2, 0) is 9.47 Å². The Hall–Kier alpha value is -0.160. The third kappa shape index (κ3) is 5.82. The van der Waals surface area contributed by atoms with Crippen LogP contribution in [0.2, 0.25) is 0 Å². The Morgan fingerprint density at radius 2 is 2.29 bits per heavy atom. The Balaban J connectivity index is 2.13. The van der Waals surface area contributed by atoms with Gasteiger partial charge in [-0.2, -0.15) is 0 Å². The van der Waals surface area contributed by atoms with Gasteiger partial charge in [0.05, 0.1) is 19.3 Å². The van der Waals surface area contributed by atoms with Crippen molar-refractivity contribution in [1.82, 2.24) is 5.32 Å². The SMILES string of the molecule is CC(C)NC(C)(CO)CCOCC1CCCO1. The largest absolute Gasteiger partial charge is 0.394 e. The van der Waals surface area contributed by atoms with E-state index in [2.05, 4.69) is 19.2 Å². The molecule has 4 nitrogen and oxygen atoms in total. The summed E-state index contributed by atoms with van der Waals surface area (Å²) in [6.07, 6.45) is 3.36. The average molecular weight is 245 g/mol. The van der Waals surface area contributed by atoms with E-state index < -0.39 is 0 Å². The molecule has 1 saturated heterocycles. The molecule has 2 N–H and O–H groups in total. The molecule has 0 radical (unpaired) electrons. The van der Waals surface area contributed by atoms with E-state index in [0.29, 0.717) is 19.3 Å². The third-order valence-electron chi connectivity index (χ3n) is 3.11. The second-order valence-corrected chi connectivity index (χ2v) is 5.48. The molecule has 0 aliphatic carbocycles. The summed E-state index contributed by atoms with van der Waals surface area (Å²) >= 11 is 0. The number of rotatable bonds is 8. The van der Waals surface area contributed by atoms with Gasteiger partial charge in [-0.3, -0.25) is 0 Å². The summed E-state index contributed by atoms with van der Waals surface area (Å²) in [6.45, 7) is 8.55. The lowest BCUT2D eigenvalue weighted by molar-refractivity contribution is 0.00693. The maximum absolute atomic E-state index is 9.40. The summed E-state index contributed by atoms with van der Waals surface area (Å²) in [5.74, 6) is 0. The van der Waals surface area contributed by atoms with Gasteiger partial charge in [0.1, 0.15) is 0 Å². The minimum Gasteiger partial charge on any atom is -0.394 e. The van der Waals surface area contributed by atoms with E-state index >= 15 is 0 Å². The van der Waals surface area contributed by atoms with Crippen LogP contribution in [0.15, 0.2) is 0 Å². The molecule has 1 heterocycles. The standard InChI is InChI=1S/C13H27NO3/c1-11(2)14-13(3,10-15)6-8-16-9-12-5-4-7-17-12/h11-12,14-15H,4-10H2,1-3H3. The zero-order valence-corrected chi connectivity index (χ0v) is 11.4. The molecular weight excluding hydrogens is 218 g/mol. The van der Waals surface area contributed by atoms with Crippen molar-refractivity contribution in [2.45, 2.75) is 57.7 Å². The van der Waals surface area contributed by atoms with Crippen molar-refractivity contribution in [3.05, 3.63) is 0 Å². The van der Waals surface area contributed by atoms with Gasteiger partial charge in [0.2, 0.25) is 0 Å². The van der Waals surface area contributed by atoms with Gasteiger partial charge in [-0.1, -0.05) is 13.8 Å². The maximum Gasteiger partial charge on any atom is 0.0809 e. The molecule has 4 heteroatoms. The van der Waals surface area contributed by atoms with Crippen LogP contribution < -0.4 is 5.32 Å². The smallest absolute Gasteiger partial charge is 0.0809 e. The van der Waals surface area contributed by atoms with Crippen LogP contribution in [0.4, 0.5) is 0 Å². The van der Waals surface area contributed by atoms with Crippen molar-refractivity contribution >= 4 is 0 Å². The van der Waals surface area contributed by atoms with Gasteiger partial charge >= 0.3 is 0 Å². The number of aliphatic hydroxyl groups is 1. The van der Waals surface area contributed by atoms with Crippen molar-refractivity contribution in [2.24, 2.45) is 0 Å². The Bertz CT molecular complexity index is 205. The van der Waals surface area contributed by atoms with Gasteiger partial charge in [-0.15, -0.1) is 0 Å². The molecule has 1 rings (SSSR count). The molecule has 2 atom stereocenters. The van der Waals surface area contributed by atoms with E-state index in [1.807, 2.05) is 6.92 Å². The summed E-state index contributed by atoms with van der Waals surface area (Å²) in [5.41, 5.74) is -0.245. The first-order valence-corrected chi connectivity index (χ1v) is 6.63. The van der Waals surface area contributed by atoms with Gasteiger partial charge in [-0.05, 0) is 26.2 Å². The molecule has 102 valence electrons. The first-order chi connectivity index (χ1) is 8.06. The van der Waals surface area contributed by atoms with E-state index in [9.17, 15) is 5.11 Å². The van der Waals surface area contributed by atoms with E-state index in [1.54, 1.807) is 0 Å². The van der Waals surface area contributed by atoms with E-state index in [0.717, 1.165) is 25.9 Å². The average Bonchev–Trinajstić information content (AvgIpc) is 2.76. The van der Waals surface area contributed by atoms with Crippen molar-refractivity contribution in [2.75, 3.05) is 26.4 Å². The Morgan fingerprint density at radius 3 is 2.82 bits per heavy atom. The molecule has 1 aliphatic heterocycles. The molecule has 1 fully saturated rings. The Labute approximate surface area is 105 Å². The lowest BCUT2D eigenvalue weighted by atomic mass is 9.98. The van der Waals surface area contributed by atoms with Crippen molar-refractivity contribution in [3.63, 3.8) is 0 Å². The molecule has 0 spiro atoms. The van der Waals surface area contributed by atoms with Crippen LogP contribution in [0.5, 0.6) is 0 Å². The monoisotopic (exact) mass is 245 g/mol. The number of hydrogen-bond acceptors (Lipinski definition) is 4. The van der Waals surface area contributed by atoms with Gasteiger partial charge in [0.25, 0.3) is 0 Å². The minimum absolute atomic E-state index is 0.133. The number of aliphatic hydroxyl groups excluding tert-OH is 1. The fourth-order valence-electron chi connectivity index (χ4n) is 2.18. The molecule has 0 aromatic rings. The first kappa shape index (κ1) is 14.9. The van der Waals surface area contributed by atoms with Crippen LogP contribution >= 0.6 is 0 Å². The Kier molecular flexibility index (Phi) is 6.41. The molecule has 17 heavy (non-hydrogen) atoms. The van der Waals surface area contributed by atoms with Crippen LogP contribution in [0.3, 0.4) is 0 Å². The molecule has 0 saturated carbocycles. The summed E-state index contributed by atoms with van der Waals surface area (Å²) in [6, 6.07) is 0.366. The van der Waals surface area contributed by atoms with Crippen molar-refractivity contribution in [1.29, 1.82) is 0 Å². The summed E-state index contributed by atoms with van der Waals surface area (Å²) in [5, 5.41) is 12.8. The molecule has 0 aromatic carbocycles. The lowest BCUT2D eigenvalue weighted by Gasteiger charge is -2.31. The minimum atomic E-state index is -0.245. The van der Waals surface area contributed by atoms with Crippen LogP contribution in [0.1, 0.15) is 40.0 Å². The van der Waals surface area contributed by atoms with Crippen molar-refractivity contribution < 1.29 is 14.6 Å². The third-order valence-corrected chi connectivity index (χ3v) is 3.11. The molecule has 0 bridgehead atoms. The fourth-order valence-corrected chi connectivity index (χ4v) is 2.18. The second-order valence-electron chi connectivity index (χ2n) is 5.48. The van der Waals surface area contributed by atoms with Crippen LogP contribution in [-0.4, -0.2) is 49.2 Å². The van der Waals surface area contributed by atoms with Crippen LogP contribution in [0, 0.1) is 0 Å². The maximum atomic E-state index is 9.40. The first-order valence-electron chi connectivity index (χ1n) is 6.63. The van der Waals surface area contributed by atoms with Gasteiger partial charge < -0.3 is 19.9 Å². The highest BCUT2D eigenvalue weighted by Crippen LogP contribution is 2.14. The van der Waals surface area contributed by atoms with Gasteiger partial charge in [0, 0.05) is 24.8 Å². The molecule has 2 unspecified atom stereocenters. The normalized spacial score (nSPS) is 24.2. The Morgan fingerprint density at radius 1 is 1.53 bits per heavy atom. The van der Waals surface area contributed by atoms with E-state index in [1.165, 1.54) is 0 Å². The number of hydrogen-bond donors (Lipinski definition) is 2. The van der Waals surface area contributed by atoms with Gasteiger partial charge in [-0.25, -0.2) is 0 Å². The molecule has 1 aliphatic rings. The number of nitrogens with one attached hydrogen (secondary N) is 1. The summed E-state index contributed by atoms with van der Waals surface area (Å²) < 4.78 is 11.1. The highest BCUT2D eigenvalue weighted by atomic mass is 16.5. The predicted molar refractivity (Wildman–Crippen MR) is 68.2 cm³/mol. The van der Waals surface area contributed by atoms with Gasteiger partial charge in [0.15, 0.2) is 0 Å². The molecule has 0 aromatic heterocycles. The topological polar surface area (TPSA) is 50.7 Å². The lowest BCUT2D eigenvalue weighted by Crippen LogP contribution is -2.49. The number of ether oxygens (including phenoxy) is 2. The van der Waals surface area contributed by atoms with E-state index in [-0.39, 0.29) is 18.2 Å².